The van der Waals surface area contributed by atoms with E-state index in [1.165, 1.54) is 0 Å². The summed E-state index contributed by atoms with van der Waals surface area (Å²) < 4.78 is 10.3. The third-order valence-electron chi connectivity index (χ3n) is 2.97. The molecule has 4 N–H and O–H groups in total. The van der Waals surface area contributed by atoms with Gasteiger partial charge in [-0.2, -0.15) is 0 Å². The Bertz CT molecular complexity index is 404. The number of hydrogen-bond acceptors (Lipinski definition) is 6. The third-order valence-corrected chi connectivity index (χ3v) is 2.97. The normalized spacial score (nSPS) is 20.9. The summed E-state index contributed by atoms with van der Waals surface area (Å²) >= 11 is 0. The molecule has 3 unspecified atom stereocenters. The molecule has 6 nitrogen and oxygen atoms in total. The number of rotatable bonds is 7. The zero-order valence-corrected chi connectivity index (χ0v) is 12.0. The Kier molecular flexibility index (Phi) is 6.97. The summed E-state index contributed by atoms with van der Waals surface area (Å²) in [6, 6.07) is -0.765. The van der Waals surface area contributed by atoms with Crippen LogP contribution in [0.5, 0.6) is 0 Å². The van der Waals surface area contributed by atoms with Crippen LogP contribution < -0.4 is 11.5 Å². The lowest BCUT2D eigenvalue weighted by Gasteiger charge is -2.20. The number of carbonyl (C=O) groups excluding carboxylic acids is 1. The van der Waals surface area contributed by atoms with E-state index in [1.807, 2.05) is 18.2 Å². The van der Waals surface area contributed by atoms with Gasteiger partial charge in [0, 0.05) is 7.11 Å². The van der Waals surface area contributed by atoms with Gasteiger partial charge in [0.1, 0.15) is 11.9 Å². The second-order valence-corrected chi connectivity index (χ2v) is 4.55. The zero-order valence-electron chi connectivity index (χ0n) is 12.0. The Labute approximate surface area is 119 Å². The second-order valence-electron chi connectivity index (χ2n) is 4.55. The molecule has 6 heteroatoms. The number of allylic oxidation sites excluding steroid dienone is 2. The number of carbonyl (C=O) groups is 1. The van der Waals surface area contributed by atoms with Crippen LogP contribution in [0.4, 0.5) is 0 Å². The molecule has 0 fully saturated rings. The molecule has 0 bridgehead atoms. The van der Waals surface area contributed by atoms with Crippen LogP contribution in [0.25, 0.3) is 0 Å². The van der Waals surface area contributed by atoms with Crippen molar-refractivity contribution >= 4 is 11.8 Å². The monoisotopic (exact) mass is 281 g/mol. The summed E-state index contributed by atoms with van der Waals surface area (Å²) in [6.45, 7) is 2.07. The lowest BCUT2D eigenvalue weighted by Crippen LogP contribution is -2.37. The zero-order chi connectivity index (χ0) is 15.0. The third kappa shape index (κ3) is 5.54. The molecule has 1 aliphatic heterocycles. The highest BCUT2D eigenvalue weighted by molar-refractivity contribution is 5.92. The Morgan fingerprint density at radius 3 is 2.90 bits per heavy atom. The van der Waals surface area contributed by atoms with Crippen LogP contribution in [0.2, 0.25) is 0 Å². The first kappa shape index (κ1) is 16.4. The van der Waals surface area contributed by atoms with Crippen molar-refractivity contribution in [2.24, 2.45) is 16.5 Å². The van der Waals surface area contributed by atoms with Crippen molar-refractivity contribution < 1.29 is 14.3 Å². The van der Waals surface area contributed by atoms with Crippen LogP contribution >= 0.6 is 0 Å². The average molecular weight is 281 g/mol. The second kappa shape index (κ2) is 8.50. The van der Waals surface area contributed by atoms with E-state index in [0.29, 0.717) is 25.3 Å². The van der Waals surface area contributed by atoms with E-state index in [1.54, 1.807) is 20.1 Å². The maximum atomic E-state index is 11.5. The summed E-state index contributed by atoms with van der Waals surface area (Å²) in [6.07, 6.45) is 8.24. The Morgan fingerprint density at radius 1 is 1.50 bits per heavy atom. The minimum atomic E-state index is -0.686. The molecule has 0 aromatic heterocycles. The first-order valence-corrected chi connectivity index (χ1v) is 6.70. The van der Waals surface area contributed by atoms with E-state index < -0.39 is 12.0 Å². The molecule has 1 aliphatic rings. The molecule has 3 atom stereocenters. The fourth-order valence-electron chi connectivity index (χ4n) is 1.94. The van der Waals surface area contributed by atoms with Crippen molar-refractivity contribution in [1.82, 2.24) is 0 Å². The van der Waals surface area contributed by atoms with Gasteiger partial charge >= 0.3 is 5.97 Å². The molecule has 1 rings (SSSR count). The quantitative estimate of drug-likeness (QED) is 0.663. The largest absolute Gasteiger partial charge is 0.465 e. The van der Waals surface area contributed by atoms with Crippen LogP contribution in [-0.2, 0) is 14.3 Å². The molecule has 0 aliphatic carbocycles. The van der Waals surface area contributed by atoms with Gasteiger partial charge in [0.25, 0.3) is 0 Å². The van der Waals surface area contributed by atoms with Gasteiger partial charge < -0.3 is 20.9 Å². The number of ether oxygens (including phenoxy) is 2. The summed E-state index contributed by atoms with van der Waals surface area (Å²) in [5, 5.41) is 0. The van der Waals surface area contributed by atoms with E-state index in [-0.39, 0.29) is 12.1 Å². The van der Waals surface area contributed by atoms with Gasteiger partial charge in [0.15, 0.2) is 0 Å². The molecule has 0 spiro atoms. The van der Waals surface area contributed by atoms with Gasteiger partial charge in [0.2, 0.25) is 0 Å². The van der Waals surface area contributed by atoms with Crippen molar-refractivity contribution in [3.63, 3.8) is 0 Å². The standard InChI is InChI=1S/C14H23N3O3/c1-3-20-14(18)12(15)9-11(19-2)8-10-6-4-5-7-13(16)17-10/h4-7,10-12H,3,8-9,15H2,1-2H3,(H2,16,17). The summed E-state index contributed by atoms with van der Waals surface area (Å²) in [5.74, 6) is 0.0696. The lowest BCUT2D eigenvalue weighted by atomic mass is 10.0. The predicted molar refractivity (Wildman–Crippen MR) is 78.3 cm³/mol. The van der Waals surface area contributed by atoms with Crippen LogP contribution in [0, 0.1) is 0 Å². The number of aliphatic imine (C=N–C) groups is 1. The van der Waals surface area contributed by atoms with Crippen molar-refractivity contribution in [2.45, 2.75) is 38.0 Å². The van der Waals surface area contributed by atoms with Gasteiger partial charge in [-0.1, -0.05) is 18.2 Å². The number of methoxy groups -OCH3 is 1. The molecule has 112 valence electrons. The first-order valence-electron chi connectivity index (χ1n) is 6.70. The summed E-state index contributed by atoms with van der Waals surface area (Å²) in [4.78, 5) is 15.9. The van der Waals surface area contributed by atoms with Gasteiger partial charge in [-0.25, -0.2) is 0 Å². The number of hydrogen-bond donors (Lipinski definition) is 2. The first-order chi connectivity index (χ1) is 9.56. The topological polar surface area (TPSA) is 99.9 Å². The molecule has 0 saturated heterocycles. The summed E-state index contributed by atoms with van der Waals surface area (Å²) in [5.41, 5.74) is 11.5. The Hall–Kier alpha value is -1.66. The molecule has 0 amide bonds. The molecule has 0 radical (unpaired) electrons. The molecule has 0 aromatic rings. The molecule has 1 heterocycles. The fourth-order valence-corrected chi connectivity index (χ4v) is 1.94. The molecular formula is C14H23N3O3. The highest BCUT2D eigenvalue weighted by Gasteiger charge is 2.22. The maximum Gasteiger partial charge on any atom is 0.322 e. The number of nitrogens with zero attached hydrogens (tertiary/aromatic N) is 1. The van der Waals surface area contributed by atoms with Crippen molar-refractivity contribution in [2.75, 3.05) is 13.7 Å². The van der Waals surface area contributed by atoms with E-state index in [4.69, 9.17) is 20.9 Å². The minimum Gasteiger partial charge on any atom is -0.465 e. The van der Waals surface area contributed by atoms with Crippen LogP contribution in [0.3, 0.4) is 0 Å². The van der Waals surface area contributed by atoms with Crippen LogP contribution in [0.1, 0.15) is 19.8 Å². The Morgan fingerprint density at radius 2 is 2.25 bits per heavy atom. The molecule has 20 heavy (non-hydrogen) atoms. The highest BCUT2D eigenvalue weighted by Crippen LogP contribution is 2.14. The van der Waals surface area contributed by atoms with Crippen molar-refractivity contribution in [3.05, 3.63) is 24.3 Å². The smallest absolute Gasteiger partial charge is 0.322 e. The SMILES string of the molecule is CCOC(=O)C(N)CC(CC1C=CC=CC(N)=N1)OC. The number of amidine groups is 1. The lowest BCUT2D eigenvalue weighted by molar-refractivity contribution is -0.145. The van der Waals surface area contributed by atoms with Crippen LogP contribution in [0.15, 0.2) is 29.3 Å². The maximum absolute atomic E-state index is 11.5. The highest BCUT2D eigenvalue weighted by atomic mass is 16.5. The van der Waals surface area contributed by atoms with Crippen LogP contribution in [-0.4, -0.2) is 43.7 Å². The van der Waals surface area contributed by atoms with Gasteiger partial charge in [0.05, 0.1) is 18.8 Å². The summed E-state index contributed by atoms with van der Waals surface area (Å²) in [7, 11) is 1.59. The fraction of sp³-hybridized carbons (Fsp3) is 0.571. The van der Waals surface area contributed by atoms with E-state index in [9.17, 15) is 4.79 Å². The Balaban J connectivity index is 2.54. The van der Waals surface area contributed by atoms with E-state index >= 15 is 0 Å². The number of esters is 1. The predicted octanol–water partition coefficient (Wildman–Crippen LogP) is 0.524. The van der Waals surface area contributed by atoms with E-state index in [2.05, 4.69) is 4.99 Å². The van der Waals surface area contributed by atoms with Gasteiger partial charge in [-0.15, -0.1) is 0 Å². The minimum absolute atomic E-state index is 0.0793. The van der Waals surface area contributed by atoms with Gasteiger partial charge in [-0.05, 0) is 25.8 Å². The number of nitrogens with two attached hydrogens (primary N) is 2. The molecule has 0 saturated carbocycles. The van der Waals surface area contributed by atoms with Crippen molar-refractivity contribution in [1.29, 1.82) is 0 Å². The average Bonchev–Trinajstić information content (AvgIpc) is 2.62. The van der Waals surface area contributed by atoms with Gasteiger partial charge in [-0.3, -0.25) is 9.79 Å². The van der Waals surface area contributed by atoms with E-state index in [0.717, 1.165) is 0 Å². The molecule has 0 aromatic carbocycles. The molecular weight excluding hydrogens is 258 g/mol. The van der Waals surface area contributed by atoms with Crippen molar-refractivity contribution in [3.8, 4) is 0 Å².